The summed E-state index contributed by atoms with van der Waals surface area (Å²) in [6.07, 6.45) is -3.75. The molecule has 3 rings (SSSR count). The maximum Gasteiger partial charge on any atom is 0.451 e. The van der Waals surface area contributed by atoms with Crippen LogP contribution in [0.1, 0.15) is 18.7 Å². The number of carboxylic acids is 1. The van der Waals surface area contributed by atoms with Crippen molar-refractivity contribution in [1.82, 2.24) is 9.97 Å². The van der Waals surface area contributed by atoms with Gasteiger partial charge in [0.1, 0.15) is 11.9 Å². The van der Waals surface area contributed by atoms with Crippen LogP contribution in [-0.4, -0.2) is 33.6 Å². The van der Waals surface area contributed by atoms with E-state index < -0.39 is 24.0 Å². The van der Waals surface area contributed by atoms with Gasteiger partial charge in [0.05, 0.1) is 5.52 Å². The third-order valence-corrected chi connectivity index (χ3v) is 4.19. The van der Waals surface area contributed by atoms with Gasteiger partial charge in [0, 0.05) is 16.4 Å². The second-order valence-corrected chi connectivity index (χ2v) is 6.14. The molecule has 122 valence electrons. The number of fused-ring (bicyclic) bond motifs is 1. The summed E-state index contributed by atoms with van der Waals surface area (Å²) in [5.41, 5.74) is 0.126. The number of rotatable bonds is 2. The Kier molecular flexibility index (Phi) is 3.91. The molecule has 0 radical (unpaired) electrons. The van der Waals surface area contributed by atoms with Gasteiger partial charge in [-0.05, 0) is 31.0 Å². The Morgan fingerprint density at radius 2 is 2.09 bits per heavy atom. The summed E-state index contributed by atoms with van der Waals surface area (Å²) in [6.45, 7) is 0.340. The SMILES string of the molecule is O=C(O)C1CCCN1c1nc(C(F)(F)F)nc2ccc(Br)cc12. The summed E-state index contributed by atoms with van der Waals surface area (Å²) < 4.78 is 39.8. The maximum absolute atomic E-state index is 13.0. The van der Waals surface area contributed by atoms with Crippen LogP contribution in [0.15, 0.2) is 22.7 Å². The minimum Gasteiger partial charge on any atom is -0.480 e. The molecule has 0 bridgehead atoms. The van der Waals surface area contributed by atoms with Crippen molar-refractivity contribution in [2.45, 2.75) is 25.1 Å². The molecule has 0 spiro atoms. The van der Waals surface area contributed by atoms with Crippen molar-refractivity contribution in [2.24, 2.45) is 0 Å². The van der Waals surface area contributed by atoms with E-state index in [1.807, 2.05) is 0 Å². The number of halogens is 4. The zero-order valence-corrected chi connectivity index (χ0v) is 13.2. The predicted molar refractivity (Wildman–Crippen MR) is 80.2 cm³/mol. The van der Waals surface area contributed by atoms with Gasteiger partial charge in [-0.1, -0.05) is 15.9 Å². The first-order valence-corrected chi connectivity index (χ1v) is 7.60. The van der Waals surface area contributed by atoms with Gasteiger partial charge in [0.15, 0.2) is 0 Å². The van der Waals surface area contributed by atoms with Crippen molar-refractivity contribution in [2.75, 3.05) is 11.4 Å². The number of carboxylic acid groups (broad SMARTS) is 1. The molecule has 9 heteroatoms. The number of carbonyl (C=O) groups is 1. The fraction of sp³-hybridized carbons (Fsp3) is 0.357. The van der Waals surface area contributed by atoms with Crippen molar-refractivity contribution in [1.29, 1.82) is 0 Å². The van der Waals surface area contributed by atoms with Crippen LogP contribution in [-0.2, 0) is 11.0 Å². The Labute approximate surface area is 137 Å². The van der Waals surface area contributed by atoms with Crippen LogP contribution in [0.3, 0.4) is 0 Å². The fourth-order valence-corrected chi connectivity index (χ4v) is 3.07. The van der Waals surface area contributed by atoms with Crippen molar-refractivity contribution in [3.8, 4) is 0 Å². The zero-order valence-electron chi connectivity index (χ0n) is 11.6. The number of alkyl halides is 3. The van der Waals surface area contributed by atoms with Gasteiger partial charge in [0.25, 0.3) is 0 Å². The minimum atomic E-state index is -4.70. The average Bonchev–Trinajstić information content (AvgIpc) is 2.94. The van der Waals surface area contributed by atoms with Crippen molar-refractivity contribution >= 4 is 38.6 Å². The summed E-state index contributed by atoms with van der Waals surface area (Å²) in [7, 11) is 0. The van der Waals surface area contributed by atoms with E-state index in [4.69, 9.17) is 0 Å². The highest BCUT2D eigenvalue weighted by atomic mass is 79.9. The summed E-state index contributed by atoms with van der Waals surface area (Å²) in [4.78, 5) is 20.0. The highest BCUT2D eigenvalue weighted by Crippen LogP contribution is 2.35. The first-order valence-electron chi connectivity index (χ1n) is 6.81. The molecule has 2 aromatic rings. The van der Waals surface area contributed by atoms with Crippen LogP contribution in [0.5, 0.6) is 0 Å². The van der Waals surface area contributed by atoms with Crippen LogP contribution < -0.4 is 4.90 Å². The van der Waals surface area contributed by atoms with E-state index >= 15 is 0 Å². The van der Waals surface area contributed by atoms with E-state index in [0.29, 0.717) is 29.2 Å². The molecule has 1 aromatic heterocycles. The molecule has 23 heavy (non-hydrogen) atoms. The highest BCUT2D eigenvalue weighted by Gasteiger charge is 2.38. The molecule has 0 aliphatic carbocycles. The van der Waals surface area contributed by atoms with Gasteiger partial charge in [-0.3, -0.25) is 0 Å². The lowest BCUT2D eigenvalue weighted by atomic mass is 10.2. The van der Waals surface area contributed by atoms with Gasteiger partial charge in [-0.25, -0.2) is 14.8 Å². The third kappa shape index (κ3) is 2.97. The second-order valence-electron chi connectivity index (χ2n) is 5.22. The average molecular weight is 390 g/mol. The molecule has 5 nitrogen and oxygen atoms in total. The van der Waals surface area contributed by atoms with Crippen molar-refractivity contribution in [3.05, 3.63) is 28.5 Å². The quantitative estimate of drug-likeness (QED) is 0.851. The molecule has 1 aliphatic heterocycles. The Hall–Kier alpha value is -1.90. The molecule has 1 aromatic carbocycles. The summed E-state index contributed by atoms with van der Waals surface area (Å²) in [5, 5.41) is 9.67. The van der Waals surface area contributed by atoms with E-state index in [9.17, 15) is 23.1 Å². The molecule has 0 saturated carbocycles. The molecule has 0 amide bonds. The Bertz CT molecular complexity index is 782. The fourth-order valence-electron chi connectivity index (χ4n) is 2.71. The largest absolute Gasteiger partial charge is 0.480 e. The molecule has 1 atom stereocenters. The van der Waals surface area contributed by atoms with E-state index in [2.05, 4.69) is 25.9 Å². The van der Waals surface area contributed by atoms with Gasteiger partial charge in [-0.2, -0.15) is 13.2 Å². The molecular weight excluding hydrogens is 379 g/mol. The highest BCUT2D eigenvalue weighted by molar-refractivity contribution is 9.10. The number of aromatic nitrogens is 2. The van der Waals surface area contributed by atoms with E-state index in [-0.39, 0.29) is 11.3 Å². The van der Waals surface area contributed by atoms with Crippen LogP contribution in [0, 0.1) is 0 Å². The smallest absolute Gasteiger partial charge is 0.451 e. The molecule has 1 N–H and O–H groups in total. The third-order valence-electron chi connectivity index (χ3n) is 3.70. The number of aliphatic carboxylic acids is 1. The topological polar surface area (TPSA) is 66.3 Å². The maximum atomic E-state index is 13.0. The monoisotopic (exact) mass is 389 g/mol. The van der Waals surface area contributed by atoms with Gasteiger partial charge in [-0.15, -0.1) is 0 Å². The molecule has 1 fully saturated rings. The Morgan fingerprint density at radius 1 is 1.35 bits per heavy atom. The Morgan fingerprint density at radius 3 is 2.74 bits per heavy atom. The number of anilines is 1. The lowest BCUT2D eigenvalue weighted by Gasteiger charge is -2.24. The molecule has 1 aliphatic rings. The lowest BCUT2D eigenvalue weighted by Crippen LogP contribution is -2.37. The molecule has 1 unspecified atom stereocenters. The molecule has 1 saturated heterocycles. The van der Waals surface area contributed by atoms with Gasteiger partial charge in [0.2, 0.25) is 5.82 Å². The lowest BCUT2D eigenvalue weighted by molar-refractivity contribution is -0.144. The number of hydrogen-bond acceptors (Lipinski definition) is 4. The standard InChI is InChI=1S/C14H11BrF3N3O2/c15-7-3-4-9-8(6-7)11(20-13(19-9)14(16,17)18)21-5-1-2-10(21)12(22)23/h3-4,6,10H,1-2,5H2,(H,22,23). The summed E-state index contributed by atoms with van der Waals surface area (Å²) >= 11 is 3.26. The summed E-state index contributed by atoms with van der Waals surface area (Å²) in [6, 6.07) is 3.75. The number of nitrogens with zero attached hydrogens (tertiary/aromatic N) is 3. The first-order chi connectivity index (χ1) is 10.8. The van der Waals surface area contributed by atoms with Crippen LogP contribution in [0.25, 0.3) is 10.9 Å². The minimum absolute atomic E-state index is 0.00789. The second kappa shape index (κ2) is 5.63. The number of benzene rings is 1. The molecule has 2 heterocycles. The van der Waals surface area contributed by atoms with Crippen molar-refractivity contribution in [3.63, 3.8) is 0 Å². The van der Waals surface area contributed by atoms with Crippen LogP contribution >= 0.6 is 15.9 Å². The molecular formula is C14H11BrF3N3O2. The van der Waals surface area contributed by atoms with Gasteiger partial charge >= 0.3 is 12.1 Å². The zero-order chi connectivity index (χ0) is 16.8. The van der Waals surface area contributed by atoms with E-state index in [0.717, 1.165) is 0 Å². The van der Waals surface area contributed by atoms with E-state index in [1.54, 1.807) is 12.1 Å². The summed E-state index contributed by atoms with van der Waals surface area (Å²) in [5.74, 6) is -2.33. The number of hydrogen-bond donors (Lipinski definition) is 1. The predicted octanol–water partition coefficient (Wildman–Crippen LogP) is 3.46. The normalized spacial score (nSPS) is 18.6. The van der Waals surface area contributed by atoms with Gasteiger partial charge < -0.3 is 10.0 Å². The van der Waals surface area contributed by atoms with Crippen molar-refractivity contribution < 1.29 is 23.1 Å². The Balaban J connectivity index is 2.24. The van der Waals surface area contributed by atoms with E-state index in [1.165, 1.54) is 11.0 Å². The van der Waals surface area contributed by atoms with Crippen LogP contribution in [0.2, 0.25) is 0 Å². The first kappa shape index (κ1) is 16.0. The van der Waals surface area contributed by atoms with Crippen LogP contribution in [0.4, 0.5) is 19.0 Å².